The maximum absolute atomic E-state index is 13.1. The first-order valence-electron chi connectivity index (χ1n) is 8.56. The topological polar surface area (TPSA) is 111 Å². The van der Waals surface area contributed by atoms with Gasteiger partial charge >= 0.3 is 5.97 Å². The number of rotatable bonds is 6. The summed E-state index contributed by atoms with van der Waals surface area (Å²) in [4.78, 5) is 32.2. The summed E-state index contributed by atoms with van der Waals surface area (Å²) in [6.07, 6.45) is 1.96. The van der Waals surface area contributed by atoms with Gasteiger partial charge in [0, 0.05) is 18.7 Å². The van der Waals surface area contributed by atoms with E-state index in [1.54, 1.807) is 18.2 Å². The van der Waals surface area contributed by atoms with Gasteiger partial charge in [0.15, 0.2) is 11.4 Å². The molecule has 0 saturated heterocycles. The highest BCUT2D eigenvalue weighted by molar-refractivity contribution is 6.05. The number of hydrogen-bond donors (Lipinski definition) is 2. The summed E-state index contributed by atoms with van der Waals surface area (Å²) in [5.41, 5.74) is 1.29. The van der Waals surface area contributed by atoms with Crippen molar-refractivity contribution in [3.63, 3.8) is 0 Å². The molecule has 0 aliphatic rings. The van der Waals surface area contributed by atoms with Crippen LogP contribution in [0, 0.1) is 5.82 Å². The Morgan fingerprint density at radius 2 is 1.90 bits per heavy atom. The first-order valence-corrected chi connectivity index (χ1v) is 8.56. The number of carbonyl (C=O) groups is 2. The molecular formula is C20H18FN3O5. The second-order valence-electron chi connectivity index (χ2n) is 6.17. The summed E-state index contributed by atoms with van der Waals surface area (Å²) in [5.74, 6) is -2.12. The predicted octanol–water partition coefficient (Wildman–Crippen LogP) is 2.44. The molecule has 3 rings (SSSR count). The predicted molar refractivity (Wildman–Crippen MR) is 102 cm³/mol. The number of nitrogens with zero attached hydrogens (tertiary/aromatic N) is 2. The number of esters is 1. The first-order chi connectivity index (χ1) is 13.9. The highest BCUT2D eigenvalue weighted by atomic mass is 19.1. The van der Waals surface area contributed by atoms with Crippen LogP contribution in [0.4, 0.5) is 10.2 Å². The zero-order valence-electron chi connectivity index (χ0n) is 15.7. The van der Waals surface area contributed by atoms with Gasteiger partial charge in [0.1, 0.15) is 23.8 Å². The summed E-state index contributed by atoms with van der Waals surface area (Å²) >= 11 is 0. The number of hydrogen-bond acceptors (Lipinski definition) is 7. The van der Waals surface area contributed by atoms with E-state index in [-0.39, 0.29) is 29.5 Å². The first kappa shape index (κ1) is 20.2. The molecule has 0 unspecified atom stereocenters. The number of fused-ring (bicyclic) bond motifs is 1. The minimum Gasteiger partial charge on any atom is -0.504 e. The molecule has 2 aromatic heterocycles. The Morgan fingerprint density at radius 1 is 1.17 bits per heavy atom. The molecule has 0 fully saturated rings. The molecule has 1 amide bonds. The zero-order valence-corrected chi connectivity index (χ0v) is 15.7. The van der Waals surface area contributed by atoms with Gasteiger partial charge in [0.2, 0.25) is 0 Å². The molecule has 1 aromatic carbocycles. The molecule has 3 aromatic rings. The maximum Gasteiger partial charge on any atom is 0.360 e. The minimum absolute atomic E-state index is 0.0358. The van der Waals surface area contributed by atoms with Crippen molar-refractivity contribution < 1.29 is 28.6 Å². The molecule has 0 spiro atoms. The molecule has 9 heteroatoms. The number of benzene rings is 1. The number of amides is 1. The number of halogens is 1. The Bertz CT molecular complexity index is 1070. The lowest BCUT2D eigenvalue weighted by Crippen LogP contribution is -2.19. The van der Waals surface area contributed by atoms with Gasteiger partial charge < -0.3 is 19.9 Å². The molecule has 0 atom stereocenters. The van der Waals surface area contributed by atoms with E-state index in [1.807, 2.05) is 0 Å². The lowest BCUT2D eigenvalue weighted by atomic mass is 10.0. The van der Waals surface area contributed by atoms with Crippen molar-refractivity contribution in [2.45, 2.75) is 6.42 Å². The number of aromatic hydroxyl groups is 1. The third-order valence-corrected chi connectivity index (χ3v) is 4.11. The van der Waals surface area contributed by atoms with Crippen LogP contribution in [0.2, 0.25) is 0 Å². The van der Waals surface area contributed by atoms with Gasteiger partial charge in [-0.15, -0.1) is 0 Å². The number of ether oxygens (including phenoxy) is 2. The van der Waals surface area contributed by atoms with E-state index in [4.69, 9.17) is 4.74 Å². The summed E-state index contributed by atoms with van der Waals surface area (Å²) in [6, 6.07) is 7.70. The molecule has 0 saturated carbocycles. The van der Waals surface area contributed by atoms with Gasteiger partial charge in [-0.05, 0) is 35.7 Å². The molecule has 150 valence electrons. The molecule has 0 radical (unpaired) electrons. The fourth-order valence-electron chi connectivity index (χ4n) is 2.78. The van der Waals surface area contributed by atoms with Crippen molar-refractivity contribution in [2.75, 3.05) is 26.1 Å². The van der Waals surface area contributed by atoms with E-state index >= 15 is 0 Å². The number of nitrogens with one attached hydrogen (secondary N) is 1. The number of anilines is 1. The van der Waals surface area contributed by atoms with Gasteiger partial charge in [0.05, 0.1) is 7.11 Å². The monoisotopic (exact) mass is 399 g/mol. The van der Waals surface area contributed by atoms with E-state index in [2.05, 4.69) is 20.0 Å². The number of carbonyl (C=O) groups excluding carboxylic acids is 2. The lowest BCUT2D eigenvalue weighted by Gasteiger charge is -2.12. The highest BCUT2D eigenvalue weighted by Gasteiger charge is 2.22. The van der Waals surface area contributed by atoms with Crippen LogP contribution in [0.25, 0.3) is 10.9 Å². The van der Waals surface area contributed by atoms with E-state index < -0.39 is 17.6 Å². The molecule has 8 nitrogen and oxygen atoms in total. The fraction of sp³-hybridized carbons (Fsp3) is 0.200. The summed E-state index contributed by atoms with van der Waals surface area (Å²) in [5, 5.41) is 13.3. The third-order valence-electron chi connectivity index (χ3n) is 4.11. The largest absolute Gasteiger partial charge is 0.504 e. The zero-order chi connectivity index (χ0) is 21.0. The van der Waals surface area contributed by atoms with Crippen LogP contribution in [0.15, 0.2) is 36.5 Å². The Kier molecular flexibility index (Phi) is 5.99. The fourth-order valence-corrected chi connectivity index (χ4v) is 2.78. The average Bonchev–Trinajstić information content (AvgIpc) is 2.71. The highest BCUT2D eigenvalue weighted by Crippen LogP contribution is 2.32. The quantitative estimate of drug-likeness (QED) is 0.613. The van der Waals surface area contributed by atoms with E-state index in [0.29, 0.717) is 11.8 Å². The van der Waals surface area contributed by atoms with Crippen molar-refractivity contribution >= 4 is 28.6 Å². The van der Waals surface area contributed by atoms with Crippen LogP contribution in [0.1, 0.15) is 21.6 Å². The second kappa shape index (κ2) is 8.61. The molecule has 0 bridgehead atoms. The lowest BCUT2D eigenvalue weighted by molar-refractivity contribution is -0.119. The van der Waals surface area contributed by atoms with Gasteiger partial charge in [0.25, 0.3) is 5.91 Å². The SMILES string of the molecule is COCC(=O)Nc1nc(C(=O)OC)c(O)c2ncc(Cc3ccc(F)cc3)cc12. The number of pyridine rings is 2. The van der Waals surface area contributed by atoms with Crippen LogP contribution >= 0.6 is 0 Å². The third kappa shape index (κ3) is 4.46. The van der Waals surface area contributed by atoms with Crippen LogP contribution in [0.3, 0.4) is 0 Å². The van der Waals surface area contributed by atoms with Gasteiger partial charge in [-0.3, -0.25) is 9.78 Å². The smallest absolute Gasteiger partial charge is 0.360 e. The Balaban J connectivity index is 2.09. The number of methoxy groups -OCH3 is 2. The Labute approximate surface area is 165 Å². The van der Waals surface area contributed by atoms with Gasteiger partial charge in [-0.1, -0.05) is 12.1 Å². The molecule has 2 N–H and O–H groups in total. The molecule has 2 heterocycles. The Hall–Kier alpha value is -3.59. The van der Waals surface area contributed by atoms with Gasteiger partial charge in [-0.25, -0.2) is 14.2 Å². The van der Waals surface area contributed by atoms with Crippen molar-refractivity contribution in [1.29, 1.82) is 0 Å². The summed E-state index contributed by atoms with van der Waals surface area (Å²) in [7, 11) is 2.51. The second-order valence-corrected chi connectivity index (χ2v) is 6.17. The van der Waals surface area contributed by atoms with Crippen LogP contribution in [-0.4, -0.2) is 47.8 Å². The van der Waals surface area contributed by atoms with Crippen molar-refractivity contribution in [1.82, 2.24) is 9.97 Å². The summed E-state index contributed by atoms with van der Waals surface area (Å²) < 4.78 is 22.5. The molecule has 0 aliphatic carbocycles. The molecule has 29 heavy (non-hydrogen) atoms. The number of aromatic nitrogens is 2. The van der Waals surface area contributed by atoms with Crippen molar-refractivity contribution in [3.8, 4) is 5.75 Å². The minimum atomic E-state index is -0.871. The molecular weight excluding hydrogens is 381 g/mol. The average molecular weight is 399 g/mol. The summed E-state index contributed by atoms with van der Waals surface area (Å²) in [6.45, 7) is -0.222. The van der Waals surface area contributed by atoms with Crippen molar-refractivity contribution in [3.05, 3.63) is 59.2 Å². The van der Waals surface area contributed by atoms with Crippen LogP contribution in [0.5, 0.6) is 5.75 Å². The normalized spacial score (nSPS) is 10.7. The van der Waals surface area contributed by atoms with E-state index in [9.17, 15) is 19.1 Å². The standard InChI is InChI=1S/C20H18FN3O5/c1-28-10-15(25)23-19-14-8-12(7-11-3-5-13(21)6-4-11)9-22-16(14)18(26)17(24-19)20(27)29-2/h3-6,8-9,26H,7,10H2,1-2H3,(H,23,24,25). The van der Waals surface area contributed by atoms with E-state index in [1.165, 1.54) is 25.4 Å². The Morgan fingerprint density at radius 3 is 2.55 bits per heavy atom. The van der Waals surface area contributed by atoms with Crippen molar-refractivity contribution in [2.24, 2.45) is 0 Å². The maximum atomic E-state index is 13.1. The van der Waals surface area contributed by atoms with Gasteiger partial charge in [-0.2, -0.15) is 0 Å². The molecule has 0 aliphatic heterocycles. The van der Waals surface area contributed by atoms with Crippen LogP contribution < -0.4 is 5.32 Å². The van der Waals surface area contributed by atoms with Crippen LogP contribution in [-0.2, 0) is 20.7 Å². The van der Waals surface area contributed by atoms with E-state index in [0.717, 1.165) is 18.2 Å².